The molecule has 0 aliphatic carbocycles. The molecule has 0 aliphatic rings. The van der Waals surface area contributed by atoms with Gasteiger partial charge in [0.25, 0.3) is 0 Å². The van der Waals surface area contributed by atoms with Crippen LogP contribution in [0.5, 0.6) is 11.5 Å². The van der Waals surface area contributed by atoms with Gasteiger partial charge in [-0.3, -0.25) is 0 Å². The number of aryl methyl sites for hydroxylation is 1. The summed E-state index contributed by atoms with van der Waals surface area (Å²) in [6.45, 7) is 5.30. The molecule has 0 bridgehead atoms. The number of nitrogens with two attached hydrogens (primary N) is 1. The van der Waals surface area contributed by atoms with Crippen molar-refractivity contribution in [1.29, 1.82) is 0 Å². The maximum atomic E-state index is 5.82. The number of imidazole rings is 1. The molecule has 21 heavy (non-hydrogen) atoms. The predicted octanol–water partition coefficient (Wildman–Crippen LogP) is 2.17. The zero-order valence-electron chi connectivity index (χ0n) is 12.9. The molecule has 2 N–H and O–H groups in total. The summed E-state index contributed by atoms with van der Waals surface area (Å²) in [4.78, 5) is 4.19. The minimum atomic E-state index is 0.130. The molecule has 1 aromatic heterocycles. The van der Waals surface area contributed by atoms with Gasteiger partial charge in [0.2, 0.25) is 0 Å². The summed E-state index contributed by atoms with van der Waals surface area (Å²) in [5.41, 5.74) is 6.97. The van der Waals surface area contributed by atoms with E-state index in [1.165, 1.54) is 0 Å². The highest BCUT2D eigenvalue weighted by molar-refractivity contribution is 5.43. The number of rotatable bonds is 7. The van der Waals surface area contributed by atoms with E-state index in [0.29, 0.717) is 6.61 Å². The van der Waals surface area contributed by atoms with E-state index >= 15 is 0 Å². The Hall–Kier alpha value is -2.01. The third-order valence-electron chi connectivity index (χ3n) is 3.30. The van der Waals surface area contributed by atoms with Gasteiger partial charge in [0.05, 0.1) is 13.7 Å². The Bertz CT molecular complexity index is 579. The van der Waals surface area contributed by atoms with Crippen LogP contribution in [0.1, 0.15) is 18.3 Å². The van der Waals surface area contributed by atoms with Gasteiger partial charge in [-0.05, 0) is 38.0 Å². The summed E-state index contributed by atoms with van der Waals surface area (Å²) in [6, 6.07) is 6.09. The minimum Gasteiger partial charge on any atom is -0.493 e. The first-order valence-electron chi connectivity index (χ1n) is 7.13. The van der Waals surface area contributed by atoms with Crippen molar-refractivity contribution in [2.24, 2.45) is 5.73 Å². The second-order valence-corrected chi connectivity index (χ2v) is 5.18. The summed E-state index contributed by atoms with van der Waals surface area (Å²) in [5, 5.41) is 0. The largest absolute Gasteiger partial charge is 0.493 e. The van der Waals surface area contributed by atoms with E-state index in [4.69, 9.17) is 15.2 Å². The van der Waals surface area contributed by atoms with Crippen molar-refractivity contribution >= 4 is 0 Å². The Morgan fingerprint density at radius 1 is 1.33 bits per heavy atom. The minimum absolute atomic E-state index is 0.130. The Labute approximate surface area is 125 Å². The zero-order valence-corrected chi connectivity index (χ0v) is 12.9. The van der Waals surface area contributed by atoms with Crippen LogP contribution >= 0.6 is 0 Å². The highest BCUT2D eigenvalue weighted by atomic mass is 16.5. The van der Waals surface area contributed by atoms with E-state index in [1.807, 2.05) is 38.2 Å². The lowest BCUT2D eigenvalue weighted by Gasteiger charge is -2.13. The lowest BCUT2D eigenvalue weighted by molar-refractivity contribution is 0.278. The second kappa shape index (κ2) is 7.13. The highest BCUT2D eigenvalue weighted by Crippen LogP contribution is 2.28. The van der Waals surface area contributed by atoms with Gasteiger partial charge < -0.3 is 19.8 Å². The van der Waals surface area contributed by atoms with Crippen LogP contribution in [-0.4, -0.2) is 29.3 Å². The van der Waals surface area contributed by atoms with Gasteiger partial charge in [-0.2, -0.15) is 0 Å². The van der Waals surface area contributed by atoms with Gasteiger partial charge in [0.15, 0.2) is 11.5 Å². The van der Waals surface area contributed by atoms with Crippen LogP contribution < -0.4 is 15.2 Å². The van der Waals surface area contributed by atoms with Gasteiger partial charge in [-0.1, -0.05) is 6.07 Å². The average Bonchev–Trinajstić information content (AvgIpc) is 2.85. The lowest BCUT2D eigenvalue weighted by Crippen LogP contribution is -2.17. The number of hydrogen-bond donors (Lipinski definition) is 1. The molecule has 5 nitrogen and oxygen atoms in total. The van der Waals surface area contributed by atoms with E-state index < -0.39 is 0 Å². The Morgan fingerprint density at radius 2 is 2.14 bits per heavy atom. The van der Waals surface area contributed by atoms with Crippen molar-refractivity contribution in [2.75, 3.05) is 13.7 Å². The molecule has 5 heteroatoms. The number of methoxy groups -OCH3 is 1. The van der Waals surface area contributed by atoms with Crippen molar-refractivity contribution in [3.05, 3.63) is 42.0 Å². The topological polar surface area (TPSA) is 62.3 Å². The maximum Gasteiger partial charge on any atom is 0.161 e. The summed E-state index contributed by atoms with van der Waals surface area (Å²) in [7, 11) is 1.65. The molecule has 0 spiro atoms. The van der Waals surface area contributed by atoms with Crippen molar-refractivity contribution in [1.82, 2.24) is 9.55 Å². The lowest BCUT2D eigenvalue weighted by atomic mass is 10.1. The summed E-state index contributed by atoms with van der Waals surface area (Å²) in [6.07, 6.45) is 4.56. The van der Waals surface area contributed by atoms with Gasteiger partial charge >= 0.3 is 0 Å². The Balaban J connectivity index is 1.97. The molecule has 114 valence electrons. The fraction of sp³-hybridized carbons (Fsp3) is 0.438. The van der Waals surface area contributed by atoms with Crippen LogP contribution in [0.2, 0.25) is 0 Å². The molecule has 2 aromatic rings. The number of aromatic nitrogens is 2. The molecule has 0 aliphatic heterocycles. The van der Waals surface area contributed by atoms with Crippen LogP contribution in [0.25, 0.3) is 0 Å². The molecule has 1 heterocycles. The van der Waals surface area contributed by atoms with Crippen molar-refractivity contribution in [2.45, 2.75) is 32.9 Å². The highest BCUT2D eigenvalue weighted by Gasteiger charge is 2.07. The standard InChI is InChI=1S/C16H23N3O2/c1-12(17)10-14-4-5-15(16(11-14)20-3)21-9-8-19-7-6-18-13(19)2/h4-7,11-12H,8-10,17H2,1-3H3. The Morgan fingerprint density at radius 3 is 2.76 bits per heavy atom. The third kappa shape index (κ3) is 4.23. The summed E-state index contributed by atoms with van der Waals surface area (Å²) in [5.74, 6) is 2.48. The van der Waals surface area contributed by atoms with E-state index in [-0.39, 0.29) is 6.04 Å². The normalized spacial score (nSPS) is 12.2. The second-order valence-electron chi connectivity index (χ2n) is 5.18. The van der Waals surface area contributed by atoms with Crippen LogP contribution in [0, 0.1) is 6.92 Å². The quantitative estimate of drug-likeness (QED) is 0.848. The first-order chi connectivity index (χ1) is 10.1. The van der Waals surface area contributed by atoms with Crippen LogP contribution in [0.15, 0.2) is 30.6 Å². The number of hydrogen-bond acceptors (Lipinski definition) is 4. The number of benzene rings is 1. The van der Waals surface area contributed by atoms with Gasteiger partial charge in [0, 0.05) is 18.4 Å². The molecule has 2 rings (SSSR count). The Kier molecular flexibility index (Phi) is 5.22. The van der Waals surface area contributed by atoms with E-state index in [0.717, 1.165) is 35.9 Å². The maximum absolute atomic E-state index is 5.82. The van der Waals surface area contributed by atoms with Crippen LogP contribution in [-0.2, 0) is 13.0 Å². The third-order valence-corrected chi connectivity index (χ3v) is 3.30. The van der Waals surface area contributed by atoms with Gasteiger partial charge in [0.1, 0.15) is 12.4 Å². The van der Waals surface area contributed by atoms with Crippen molar-refractivity contribution in [3.8, 4) is 11.5 Å². The van der Waals surface area contributed by atoms with Crippen molar-refractivity contribution < 1.29 is 9.47 Å². The molecule has 1 aromatic carbocycles. The fourth-order valence-corrected chi connectivity index (χ4v) is 2.22. The molecule has 0 radical (unpaired) electrons. The number of nitrogens with zero attached hydrogens (tertiary/aromatic N) is 2. The summed E-state index contributed by atoms with van der Waals surface area (Å²) >= 11 is 0. The zero-order chi connectivity index (χ0) is 15.2. The van der Waals surface area contributed by atoms with Crippen molar-refractivity contribution in [3.63, 3.8) is 0 Å². The van der Waals surface area contributed by atoms with Crippen LogP contribution in [0.4, 0.5) is 0 Å². The molecule has 1 atom stereocenters. The van der Waals surface area contributed by atoms with E-state index in [9.17, 15) is 0 Å². The van der Waals surface area contributed by atoms with Gasteiger partial charge in [-0.25, -0.2) is 4.98 Å². The molecule has 0 saturated heterocycles. The van der Waals surface area contributed by atoms with Crippen LogP contribution in [0.3, 0.4) is 0 Å². The molecule has 1 unspecified atom stereocenters. The molecule has 0 fully saturated rings. The number of ether oxygens (including phenoxy) is 2. The molecule has 0 amide bonds. The first kappa shape index (κ1) is 15.4. The molecular weight excluding hydrogens is 266 g/mol. The summed E-state index contributed by atoms with van der Waals surface area (Å²) < 4.78 is 13.3. The molecule has 0 saturated carbocycles. The smallest absolute Gasteiger partial charge is 0.161 e. The SMILES string of the molecule is COc1cc(CC(C)N)ccc1OCCn1ccnc1C. The fourth-order valence-electron chi connectivity index (χ4n) is 2.22. The molecular formula is C16H23N3O2. The van der Waals surface area contributed by atoms with Gasteiger partial charge in [-0.15, -0.1) is 0 Å². The predicted molar refractivity (Wildman–Crippen MR) is 82.8 cm³/mol. The monoisotopic (exact) mass is 289 g/mol. The van der Waals surface area contributed by atoms with E-state index in [2.05, 4.69) is 9.55 Å². The van der Waals surface area contributed by atoms with E-state index in [1.54, 1.807) is 13.3 Å². The average molecular weight is 289 g/mol. The first-order valence-corrected chi connectivity index (χ1v) is 7.13.